The van der Waals surface area contributed by atoms with Crippen LogP contribution in [0.4, 0.5) is 0 Å². The predicted octanol–water partition coefficient (Wildman–Crippen LogP) is 4.25. The van der Waals surface area contributed by atoms with Crippen LogP contribution in [0.1, 0.15) is 49.3 Å². The van der Waals surface area contributed by atoms with E-state index in [1.807, 2.05) is 29.2 Å². The van der Waals surface area contributed by atoms with Gasteiger partial charge in [-0.2, -0.15) is 0 Å². The van der Waals surface area contributed by atoms with Crippen molar-refractivity contribution < 1.29 is 4.79 Å². The first-order chi connectivity index (χ1) is 15.1. The minimum atomic E-state index is 0.148. The summed E-state index contributed by atoms with van der Waals surface area (Å²) < 4.78 is 0. The summed E-state index contributed by atoms with van der Waals surface area (Å²) in [5.41, 5.74) is 3.78. The van der Waals surface area contributed by atoms with Crippen LogP contribution < -0.4 is 10.6 Å². The zero-order chi connectivity index (χ0) is 21.7. The zero-order valence-corrected chi connectivity index (χ0v) is 18.9. The van der Waals surface area contributed by atoms with Gasteiger partial charge in [-0.05, 0) is 55.0 Å². The number of likely N-dealkylation sites (tertiary alicyclic amines) is 1. The molecule has 0 radical (unpaired) electrons. The largest absolute Gasteiger partial charge is 0.357 e. The van der Waals surface area contributed by atoms with Crippen molar-refractivity contribution >= 4 is 23.5 Å². The molecule has 4 rings (SSSR count). The van der Waals surface area contributed by atoms with Crippen LogP contribution >= 0.6 is 11.6 Å². The van der Waals surface area contributed by atoms with E-state index in [-0.39, 0.29) is 11.3 Å². The number of nitrogens with zero attached hydrogens (tertiary/aromatic N) is 2. The molecular formula is C25H31ClN4O. The highest BCUT2D eigenvalue weighted by atomic mass is 35.5. The summed E-state index contributed by atoms with van der Waals surface area (Å²) in [6.45, 7) is 5.83. The molecule has 1 aliphatic carbocycles. The quantitative estimate of drug-likeness (QED) is 0.478. The second-order valence-electron chi connectivity index (χ2n) is 8.53. The third-order valence-corrected chi connectivity index (χ3v) is 6.52. The summed E-state index contributed by atoms with van der Waals surface area (Å²) in [5, 5.41) is 7.70. The molecule has 0 bridgehead atoms. The minimum Gasteiger partial charge on any atom is -0.357 e. The van der Waals surface area contributed by atoms with Crippen LogP contribution in [0.25, 0.3) is 0 Å². The Kier molecular flexibility index (Phi) is 6.81. The lowest BCUT2D eigenvalue weighted by molar-refractivity contribution is -0.128. The number of aliphatic imine (C=N–C) groups is 1. The fourth-order valence-electron chi connectivity index (χ4n) is 4.24. The average Bonchev–Trinajstić information content (AvgIpc) is 3.47. The van der Waals surface area contributed by atoms with Crippen LogP contribution in [0.5, 0.6) is 0 Å². The molecule has 0 unspecified atom stereocenters. The first-order valence-corrected chi connectivity index (χ1v) is 11.6. The van der Waals surface area contributed by atoms with E-state index >= 15 is 0 Å². The molecule has 1 saturated carbocycles. The Morgan fingerprint density at radius 3 is 2.61 bits per heavy atom. The van der Waals surface area contributed by atoms with E-state index in [1.54, 1.807) is 0 Å². The predicted molar refractivity (Wildman–Crippen MR) is 126 cm³/mol. The summed E-state index contributed by atoms with van der Waals surface area (Å²) in [6.07, 6.45) is 3.95. The summed E-state index contributed by atoms with van der Waals surface area (Å²) in [6, 6.07) is 16.5. The van der Waals surface area contributed by atoms with E-state index in [0.717, 1.165) is 55.4 Å². The van der Waals surface area contributed by atoms with Crippen molar-refractivity contribution in [1.82, 2.24) is 15.5 Å². The second-order valence-corrected chi connectivity index (χ2v) is 8.96. The molecule has 1 heterocycles. The third-order valence-electron chi connectivity index (χ3n) is 6.29. The number of guanidine groups is 1. The van der Waals surface area contributed by atoms with Crippen LogP contribution in [0.2, 0.25) is 5.02 Å². The van der Waals surface area contributed by atoms with Crippen molar-refractivity contribution in [2.45, 2.75) is 51.1 Å². The molecule has 0 atom stereocenters. The van der Waals surface area contributed by atoms with E-state index < -0.39 is 0 Å². The number of carbonyl (C=O) groups is 1. The fourth-order valence-corrected chi connectivity index (χ4v) is 4.43. The monoisotopic (exact) mass is 438 g/mol. The Labute approximate surface area is 189 Å². The van der Waals surface area contributed by atoms with Crippen molar-refractivity contribution in [2.24, 2.45) is 4.99 Å². The molecule has 164 valence electrons. The molecule has 2 aromatic carbocycles. The Hall–Kier alpha value is -2.53. The summed E-state index contributed by atoms with van der Waals surface area (Å²) in [7, 11) is 0. The van der Waals surface area contributed by atoms with Crippen LogP contribution in [-0.2, 0) is 23.3 Å². The molecular weight excluding hydrogens is 408 g/mol. The van der Waals surface area contributed by atoms with Gasteiger partial charge in [-0.3, -0.25) is 4.79 Å². The fraction of sp³-hybridized carbons (Fsp3) is 0.440. The molecule has 2 N–H and O–H groups in total. The number of benzene rings is 2. The Morgan fingerprint density at radius 1 is 1.13 bits per heavy atom. The van der Waals surface area contributed by atoms with Gasteiger partial charge in [0.05, 0.1) is 6.54 Å². The maximum absolute atomic E-state index is 12.0. The van der Waals surface area contributed by atoms with E-state index in [1.165, 1.54) is 11.1 Å². The lowest BCUT2D eigenvalue weighted by Crippen LogP contribution is -2.41. The number of nitrogens with one attached hydrogen (secondary N) is 2. The molecule has 2 fully saturated rings. The topological polar surface area (TPSA) is 56.7 Å². The lowest BCUT2D eigenvalue weighted by Gasteiger charge is -2.20. The van der Waals surface area contributed by atoms with Crippen LogP contribution in [0, 0.1) is 0 Å². The lowest BCUT2D eigenvalue weighted by atomic mass is 9.96. The van der Waals surface area contributed by atoms with Gasteiger partial charge in [-0.1, -0.05) is 48.0 Å². The molecule has 6 heteroatoms. The number of amides is 1. The van der Waals surface area contributed by atoms with Crippen LogP contribution in [0.15, 0.2) is 53.5 Å². The van der Waals surface area contributed by atoms with Gasteiger partial charge < -0.3 is 15.5 Å². The molecule has 1 amide bonds. The van der Waals surface area contributed by atoms with Crippen LogP contribution in [0.3, 0.4) is 0 Å². The summed E-state index contributed by atoms with van der Waals surface area (Å²) in [4.78, 5) is 18.8. The average molecular weight is 439 g/mol. The zero-order valence-electron chi connectivity index (χ0n) is 18.2. The number of hydrogen-bond acceptors (Lipinski definition) is 2. The van der Waals surface area contributed by atoms with Gasteiger partial charge in [0, 0.05) is 43.0 Å². The third kappa shape index (κ3) is 5.40. The summed E-state index contributed by atoms with van der Waals surface area (Å²) >= 11 is 6.21. The molecule has 0 aromatic heterocycles. The summed E-state index contributed by atoms with van der Waals surface area (Å²) in [5.74, 6) is 1.08. The molecule has 31 heavy (non-hydrogen) atoms. The number of hydrogen-bond donors (Lipinski definition) is 2. The van der Waals surface area contributed by atoms with Crippen LogP contribution in [-0.4, -0.2) is 36.4 Å². The molecule has 2 aromatic rings. The highest BCUT2D eigenvalue weighted by Crippen LogP contribution is 2.48. The van der Waals surface area contributed by atoms with Gasteiger partial charge >= 0.3 is 0 Å². The maximum atomic E-state index is 12.0. The van der Waals surface area contributed by atoms with Gasteiger partial charge in [-0.25, -0.2) is 4.99 Å². The normalized spacial score (nSPS) is 17.7. The number of rotatable bonds is 8. The Balaban J connectivity index is 1.42. The SMILES string of the molecule is CCNC(=NCc1ccccc1CN1CCCC1=O)NCC1(c2cccc(Cl)c2)CC1. The molecule has 2 aliphatic rings. The number of halogens is 1. The molecule has 0 spiro atoms. The minimum absolute atomic E-state index is 0.148. The van der Waals surface area contributed by atoms with E-state index in [0.29, 0.717) is 19.5 Å². The Bertz CT molecular complexity index is 954. The smallest absolute Gasteiger partial charge is 0.222 e. The Morgan fingerprint density at radius 2 is 1.94 bits per heavy atom. The van der Waals surface area contributed by atoms with Crippen molar-refractivity contribution in [1.29, 1.82) is 0 Å². The molecule has 5 nitrogen and oxygen atoms in total. The highest BCUT2D eigenvalue weighted by Gasteiger charge is 2.44. The first-order valence-electron chi connectivity index (χ1n) is 11.2. The van der Waals surface area contributed by atoms with E-state index in [9.17, 15) is 4.79 Å². The van der Waals surface area contributed by atoms with Gasteiger partial charge in [0.1, 0.15) is 0 Å². The van der Waals surface area contributed by atoms with Crippen molar-refractivity contribution in [2.75, 3.05) is 19.6 Å². The molecule has 1 saturated heterocycles. The highest BCUT2D eigenvalue weighted by molar-refractivity contribution is 6.30. The second kappa shape index (κ2) is 9.73. The van der Waals surface area contributed by atoms with Gasteiger partial charge in [0.15, 0.2) is 5.96 Å². The molecule has 1 aliphatic heterocycles. The standard InChI is InChI=1S/C25H31ClN4O/c1-2-27-24(29-18-25(12-13-25)21-9-5-10-22(26)15-21)28-16-19-7-3-4-8-20(19)17-30-14-6-11-23(30)31/h3-5,7-10,15H,2,6,11-14,16-18H2,1H3,(H2,27,28,29). The van der Waals surface area contributed by atoms with Gasteiger partial charge in [-0.15, -0.1) is 0 Å². The van der Waals surface area contributed by atoms with Crippen molar-refractivity contribution in [3.8, 4) is 0 Å². The van der Waals surface area contributed by atoms with E-state index in [2.05, 4.69) is 41.8 Å². The van der Waals surface area contributed by atoms with Crippen molar-refractivity contribution in [3.05, 3.63) is 70.2 Å². The van der Waals surface area contributed by atoms with Crippen molar-refractivity contribution in [3.63, 3.8) is 0 Å². The van der Waals surface area contributed by atoms with E-state index in [4.69, 9.17) is 16.6 Å². The van der Waals surface area contributed by atoms with Gasteiger partial charge in [0.2, 0.25) is 5.91 Å². The van der Waals surface area contributed by atoms with Gasteiger partial charge in [0.25, 0.3) is 0 Å². The number of carbonyl (C=O) groups excluding carboxylic acids is 1. The first kappa shape index (κ1) is 21.7. The maximum Gasteiger partial charge on any atom is 0.222 e.